The fourth-order valence-corrected chi connectivity index (χ4v) is 3.06. The standard InChI is InChI=1S/C9H15N3O6S2/c1-2-12-6-7(5-8(12)9(13)14)20(17,18)11-3-4-19(10,15)16/h5-6,11H,2-4H2,1H3,(H,13,14)(H2,10,15,16). The summed E-state index contributed by atoms with van der Waals surface area (Å²) in [6.45, 7) is 1.56. The van der Waals surface area contributed by atoms with Crippen LogP contribution in [0.25, 0.3) is 0 Å². The Kier molecular flexibility index (Phi) is 4.91. The molecule has 0 saturated carbocycles. The van der Waals surface area contributed by atoms with E-state index in [1.54, 1.807) is 6.92 Å². The number of hydrogen-bond donors (Lipinski definition) is 3. The second kappa shape index (κ2) is 5.91. The Bertz CT molecular complexity index is 704. The highest BCUT2D eigenvalue weighted by Gasteiger charge is 2.21. The van der Waals surface area contributed by atoms with E-state index in [0.717, 1.165) is 6.07 Å². The normalized spacial score (nSPS) is 12.5. The van der Waals surface area contributed by atoms with E-state index in [1.165, 1.54) is 10.8 Å². The van der Waals surface area contributed by atoms with Gasteiger partial charge in [-0.05, 0) is 13.0 Å². The number of aromatic carboxylic acids is 1. The van der Waals surface area contributed by atoms with Gasteiger partial charge >= 0.3 is 5.97 Å². The van der Waals surface area contributed by atoms with Crippen molar-refractivity contribution >= 4 is 26.0 Å². The fraction of sp³-hybridized carbons (Fsp3) is 0.444. The Morgan fingerprint density at radius 3 is 2.40 bits per heavy atom. The number of aryl methyl sites for hydroxylation is 1. The number of rotatable bonds is 7. The first-order valence-electron chi connectivity index (χ1n) is 5.50. The van der Waals surface area contributed by atoms with Crippen LogP contribution in [-0.2, 0) is 26.6 Å². The SMILES string of the molecule is CCn1cc(S(=O)(=O)NCCS(N)(=O)=O)cc1C(=O)O. The average molecular weight is 325 g/mol. The Labute approximate surface area is 116 Å². The summed E-state index contributed by atoms with van der Waals surface area (Å²) in [4.78, 5) is 10.7. The Morgan fingerprint density at radius 1 is 1.40 bits per heavy atom. The van der Waals surface area contributed by atoms with Crippen LogP contribution < -0.4 is 9.86 Å². The second-order valence-corrected chi connectivity index (χ2v) is 7.42. The number of hydrogen-bond acceptors (Lipinski definition) is 5. The van der Waals surface area contributed by atoms with Crippen LogP contribution in [0.5, 0.6) is 0 Å². The zero-order chi connectivity index (χ0) is 15.6. The van der Waals surface area contributed by atoms with E-state index >= 15 is 0 Å². The van der Waals surface area contributed by atoms with Gasteiger partial charge in [-0.1, -0.05) is 0 Å². The first-order chi connectivity index (χ1) is 9.07. The smallest absolute Gasteiger partial charge is 0.352 e. The number of nitrogens with two attached hydrogens (primary N) is 1. The van der Waals surface area contributed by atoms with Gasteiger partial charge < -0.3 is 9.67 Å². The molecular weight excluding hydrogens is 310 g/mol. The summed E-state index contributed by atoms with van der Waals surface area (Å²) in [5.74, 6) is -1.80. The average Bonchev–Trinajstić information content (AvgIpc) is 2.71. The third-order valence-electron chi connectivity index (χ3n) is 2.42. The molecule has 0 amide bonds. The first-order valence-corrected chi connectivity index (χ1v) is 8.70. The van der Waals surface area contributed by atoms with Crippen molar-refractivity contribution in [1.82, 2.24) is 9.29 Å². The quantitative estimate of drug-likeness (QED) is 0.571. The van der Waals surface area contributed by atoms with E-state index in [-0.39, 0.29) is 23.7 Å². The van der Waals surface area contributed by atoms with Gasteiger partial charge in [-0.2, -0.15) is 0 Å². The van der Waals surface area contributed by atoms with Crippen molar-refractivity contribution in [2.75, 3.05) is 12.3 Å². The molecule has 0 saturated heterocycles. The molecule has 0 unspecified atom stereocenters. The number of nitrogens with one attached hydrogen (secondary N) is 1. The molecule has 1 aromatic heterocycles. The summed E-state index contributed by atoms with van der Waals surface area (Å²) in [7, 11) is -7.76. The van der Waals surface area contributed by atoms with Gasteiger partial charge in [0.25, 0.3) is 0 Å². The van der Waals surface area contributed by atoms with Gasteiger partial charge in [0.2, 0.25) is 20.0 Å². The van der Waals surface area contributed by atoms with E-state index < -0.39 is 31.8 Å². The lowest BCUT2D eigenvalue weighted by Gasteiger charge is -2.03. The molecular formula is C9H15N3O6S2. The van der Waals surface area contributed by atoms with E-state index in [9.17, 15) is 21.6 Å². The number of sulfonamides is 2. The van der Waals surface area contributed by atoms with Gasteiger partial charge in [0.1, 0.15) is 10.6 Å². The lowest BCUT2D eigenvalue weighted by atomic mass is 10.4. The largest absolute Gasteiger partial charge is 0.477 e. The van der Waals surface area contributed by atoms with Crippen LogP contribution in [0, 0.1) is 0 Å². The third kappa shape index (κ3) is 4.30. The molecule has 0 aromatic carbocycles. The highest BCUT2D eigenvalue weighted by Crippen LogP contribution is 2.14. The lowest BCUT2D eigenvalue weighted by molar-refractivity contribution is 0.0685. The molecule has 0 aliphatic heterocycles. The van der Waals surface area contributed by atoms with E-state index in [0.29, 0.717) is 0 Å². The van der Waals surface area contributed by atoms with E-state index in [4.69, 9.17) is 10.2 Å². The first kappa shape index (κ1) is 16.6. The van der Waals surface area contributed by atoms with Gasteiger partial charge in [0.05, 0.1) is 5.75 Å². The van der Waals surface area contributed by atoms with Crippen LogP contribution in [0.4, 0.5) is 0 Å². The monoisotopic (exact) mass is 325 g/mol. The molecule has 1 heterocycles. The number of primary sulfonamides is 1. The minimum absolute atomic E-state index is 0.167. The van der Waals surface area contributed by atoms with Crippen LogP contribution in [0.1, 0.15) is 17.4 Å². The van der Waals surface area contributed by atoms with E-state index in [1.807, 2.05) is 4.72 Å². The number of nitrogens with zero attached hydrogens (tertiary/aromatic N) is 1. The van der Waals surface area contributed by atoms with E-state index in [2.05, 4.69) is 0 Å². The maximum absolute atomic E-state index is 11.9. The van der Waals surface area contributed by atoms with Crippen molar-refractivity contribution in [3.63, 3.8) is 0 Å². The van der Waals surface area contributed by atoms with Crippen LogP contribution in [0.15, 0.2) is 17.2 Å². The van der Waals surface area contributed by atoms with Crippen LogP contribution in [0.2, 0.25) is 0 Å². The Morgan fingerprint density at radius 2 is 2.00 bits per heavy atom. The Balaban J connectivity index is 2.96. The predicted octanol–water partition coefficient (Wildman–Crippen LogP) is -1.23. The minimum Gasteiger partial charge on any atom is -0.477 e. The van der Waals surface area contributed by atoms with Gasteiger partial charge in [-0.25, -0.2) is 31.5 Å². The molecule has 0 atom stereocenters. The molecule has 1 rings (SSSR count). The van der Waals surface area contributed by atoms with Crippen LogP contribution >= 0.6 is 0 Å². The number of carbonyl (C=O) groups is 1. The van der Waals surface area contributed by atoms with Gasteiger partial charge in [0.15, 0.2) is 0 Å². The lowest BCUT2D eigenvalue weighted by Crippen LogP contribution is -2.31. The molecule has 0 spiro atoms. The van der Waals surface area contributed by atoms with Crippen LogP contribution in [-0.4, -0.2) is 44.8 Å². The van der Waals surface area contributed by atoms with Gasteiger partial charge in [0, 0.05) is 19.3 Å². The molecule has 4 N–H and O–H groups in total. The third-order valence-corrected chi connectivity index (χ3v) is 4.62. The van der Waals surface area contributed by atoms with Crippen molar-refractivity contribution in [2.45, 2.75) is 18.4 Å². The molecule has 11 heteroatoms. The summed E-state index contributed by atoms with van der Waals surface area (Å²) in [6.07, 6.45) is 1.17. The number of carboxylic acid groups (broad SMARTS) is 1. The summed E-state index contributed by atoms with van der Waals surface area (Å²) in [5, 5.41) is 13.7. The second-order valence-electron chi connectivity index (χ2n) is 3.92. The Hall–Kier alpha value is -1.43. The molecule has 0 fully saturated rings. The number of carboxylic acids is 1. The maximum atomic E-state index is 11.9. The van der Waals surface area contributed by atoms with Gasteiger partial charge in [-0.3, -0.25) is 0 Å². The molecule has 0 bridgehead atoms. The summed E-state index contributed by atoms with van der Waals surface area (Å²) in [6, 6.07) is 1.01. The fourth-order valence-electron chi connectivity index (χ4n) is 1.47. The molecule has 0 aliphatic carbocycles. The summed E-state index contributed by atoms with van der Waals surface area (Å²) < 4.78 is 48.5. The minimum atomic E-state index is -3.98. The zero-order valence-electron chi connectivity index (χ0n) is 10.6. The molecule has 20 heavy (non-hydrogen) atoms. The summed E-state index contributed by atoms with van der Waals surface area (Å²) >= 11 is 0. The maximum Gasteiger partial charge on any atom is 0.352 e. The highest BCUT2D eigenvalue weighted by molar-refractivity contribution is 7.90. The topological polar surface area (TPSA) is 149 Å². The summed E-state index contributed by atoms with van der Waals surface area (Å²) in [5.41, 5.74) is -0.167. The molecule has 114 valence electrons. The predicted molar refractivity (Wildman–Crippen MR) is 70.2 cm³/mol. The molecule has 9 nitrogen and oxygen atoms in total. The van der Waals surface area contributed by atoms with Crippen molar-refractivity contribution < 1.29 is 26.7 Å². The zero-order valence-corrected chi connectivity index (χ0v) is 12.2. The number of aromatic nitrogens is 1. The van der Waals surface area contributed by atoms with Crippen molar-refractivity contribution in [2.24, 2.45) is 5.14 Å². The molecule has 0 aliphatic rings. The van der Waals surface area contributed by atoms with Crippen molar-refractivity contribution in [1.29, 1.82) is 0 Å². The van der Waals surface area contributed by atoms with Crippen molar-refractivity contribution in [3.8, 4) is 0 Å². The highest BCUT2D eigenvalue weighted by atomic mass is 32.2. The van der Waals surface area contributed by atoms with Crippen molar-refractivity contribution in [3.05, 3.63) is 18.0 Å². The van der Waals surface area contributed by atoms with Gasteiger partial charge in [-0.15, -0.1) is 0 Å². The molecule has 0 radical (unpaired) electrons. The van der Waals surface area contributed by atoms with Crippen LogP contribution in [0.3, 0.4) is 0 Å². The molecule has 1 aromatic rings.